The molecule has 1 fully saturated rings. The summed E-state index contributed by atoms with van der Waals surface area (Å²) in [7, 11) is 0. The van der Waals surface area contributed by atoms with Crippen molar-refractivity contribution in [2.24, 2.45) is 0 Å². The minimum absolute atomic E-state index is 0.00870. The van der Waals surface area contributed by atoms with Crippen molar-refractivity contribution in [2.45, 2.75) is 83.8 Å². The highest BCUT2D eigenvalue weighted by Gasteiger charge is 2.31. The molecule has 3 rings (SSSR count). The highest BCUT2D eigenvalue weighted by molar-refractivity contribution is 7.09. The molecule has 1 aliphatic rings. The molecule has 1 atom stereocenters. The van der Waals surface area contributed by atoms with Crippen molar-refractivity contribution >= 4 is 34.9 Å². The molecule has 174 valence electrons. The molecule has 3 amide bonds. The third-order valence-corrected chi connectivity index (χ3v) is 6.49. The molecule has 0 unspecified atom stereocenters. The van der Waals surface area contributed by atoms with Crippen molar-refractivity contribution in [2.75, 3.05) is 5.32 Å². The van der Waals surface area contributed by atoms with Gasteiger partial charge >= 0.3 is 0 Å². The van der Waals surface area contributed by atoms with Crippen molar-refractivity contribution in [3.05, 3.63) is 34.2 Å². The van der Waals surface area contributed by atoms with Crippen LogP contribution >= 0.6 is 11.3 Å². The van der Waals surface area contributed by atoms with Gasteiger partial charge in [0.15, 0.2) is 5.82 Å². The van der Waals surface area contributed by atoms with E-state index in [1.807, 2.05) is 24.4 Å². The van der Waals surface area contributed by atoms with Gasteiger partial charge in [0.1, 0.15) is 11.8 Å². The monoisotopic (exact) mass is 460 g/mol. The fourth-order valence-electron chi connectivity index (χ4n) is 4.01. The number of carbonyl (C=O) groups is 3. The number of aryl methyl sites for hydroxylation is 1. The molecule has 2 heterocycles. The molecule has 2 aromatic heterocycles. The van der Waals surface area contributed by atoms with Gasteiger partial charge in [-0.15, -0.1) is 11.3 Å². The van der Waals surface area contributed by atoms with Gasteiger partial charge in [-0.3, -0.25) is 14.4 Å². The van der Waals surface area contributed by atoms with Crippen LogP contribution in [-0.4, -0.2) is 39.9 Å². The highest BCUT2D eigenvalue weighted by Crippen LogP contribution is 2.21. The molecule has 0 bridgehead atoms. The Morgan fingerprint density at radius 2 is 2.06 bits per heavy atom. The zero-order chi connectivity index (χ0) is 22.9. The topological polar surface area (TPSA) is 105 Å². The van der Waals surface area contributed by atoms with Crippen molar-refractivity contribution in [1.29, 1.82) is 0 Å². The molecule has 0 aliphatic heterocycles. The Bertz CT molecular complexity index is 890. The standard InChI is InChI=1S/C23H32N4O4S/c1-3-7-19(23(30)24-17-8-4-5-9-17)27(15-18-10-6-13-32-18)22(29)12-11-21(28)25-20-14-16(2)31-26-20/h6,10,13-14,17,19H,3-5,7-9,11-12,15H2,1-2H3,(H,24,30)(H,25,26,28)/t19-/m1/s1. The number of amides is 3. The van der Waals surface area contributed by atoms with Gasteiger partial charge in [-0.05, 0) is 37.6 Å². The Kier molecular flexibility index (Phi) is 8.84. The van der Waals surface area contributed by atoms with Crippen LogP contribution in [0.3, 0.4) is 0 Å². The molecule has 9 heteroatoms. The predicted octanol–water partition coefficient (Wildman–Crippen LogP) is 4.02. The molecule has 1 saturated carbocycles. The number of anilines is 1. The lowest BCUT2D eigenvalue weighted by Crippen LogP contribution is -2.51. The lowest BCUT2D eigenvalue weighted by Gasteiger charge is -2.31. The van der Waals surface area contributed by atoms with Gasteiger partial charge in [-0.25, -0.2) is 0 Å². The molecule has 2 N–H and O–H groups in total. The zero-order valence-corrected chi connectivity index (χ0v) is 19.6. The Morgan fingerprint density at radius 3 is 2.69 bits per heavy atom. The third kappa shape index (κ3) is 6.91. The van der Waals surface area contributed by atoms with E-state index in [-0.39, 0.29) is 36.6 Å². The van der Waals surface area contributed by atoms with E-state index in [4.69, 9.17) is 4.52 Å². The van der Waals surface area contributed by atoms with Gasteiger partial charge in [0, 0.05) is 29.8 Å². The molecular weight excluding hydrogens is 428 g/mol. The number of carbonyl (C=O) groups excluding carboxylic acids is 3. The number of hydrogen-bond acceptors (Lipinski definition) is 6. The number of aromatic nitrogens is 1. The first-order valence-electron chi connectivity index (χ1n) is 11.3. The van der Waals surface area contributed by atoms with Gasteiger partial charge in [0.2, 0.25) is 17.7 Å². The third-order valence-electron chi connectivity index (χ3n) is 5.63. The predicted molar refractivity (Wildman–Crippen MR) is 123 cm³/mol. The second kappa shape index (κ2) is 11.8. The van der Waals surface area contributed by atoms with Crippen LogP contribution in [0, 0.1) is 6.92 Å². The molecule has 0 spiro atoms. The smallest absolute Gasteiger partial charge is 0.243 e. The summed E-state index contributed by atoms with van der Waals surface area (Å²) in [5, 5.41) is 11.5. The summed E-state index contributed by atoms with van der Waals surface area (Å²) in [6, 6.07) is 5.16. The average Bonchev–Trinajstić information content (AvgIpc) is 3.53. The van der Waals surface area contributed by atoms with Crippen LogP contribution in [0.4, 0.5) is 5.82 Å². The van der Waals surface area contributed by atoms with E-state index in [2.05, 4.69) is 15.8 Å². The number of thiophene rings is 1. The minimum atomic E-state index is -0.545. The van der Waals surface area contributed by atoms with Gasteiger partial charge in [-0.1, -0.05) is 37.4 Å². The Hall–Kier alpha value is -2.68. The second-order valence-corrected chi connectivity index (χ2v) is 9.30. The molecule has 8 nitrogen and oxygen atoms in total. The van der Waals surface area contributed by atoms with Crippen molar-refractivity contribution in [3.8, 4) is 0 Å². The largest absolute Gasteiger partial charge is 0.360 e. The number of nitrogens with one attached hydrogen (secondary N) is 2. The first-order chi connectivity index (χ1) is 15.5. The summed E-state index contributed by atoms with van der Waals surface area (Å²) < 4.78 is 4.94. The van der Waals surface area contributed by atoms with Crippen LogP contribution in [0.5, 0.6) is 0 Å². The van der Waals surface area contributed by atoms with Gasteiger partial charge in [0.05, 0.1) is 6.54 Å². The lowest BCUT2D eigenvalue weighted by atomic mass is 10.1. The van der Waals surface area contributed by atoms with E-state index in [9.17, 15) is 14.4 Å². The van der Waals surface area contributed by atoms with Crippen LogP contribution in [-0.2, 0) is 20.9 Å². The molecule has 1 aliphatic carbocycles. The van der Waals surface area contributed by atoms with Gasteiger partial charge < -0.3 is 20.1 Å². The van der Waals surface area contributed by atoms with Crippen LogP contribution in [0.25, 0.3) is 0 Å². The van der Waals surface area contributed by atoms with Crippen molar-refractivity contribution in [1.82, 2.24) is 15.4 Å². The average molecular weight is 461 g/mol. The van der Waals surface area contributed by atoms with E-state index in [1.54, 1.807) is 29.2 Å². The van der Waals surface area contributed by atoms with E-state index in [0.717, 1.165) is 37.0 Å². The molecule has 0 aromatic carbocycles. The maximum Gasteiger partial charge on any atom is 0.243 e. The van der Waals surface area contributed by atoms with Crippen LogP contribution in [0.2, 0.25) is 0 Å². The van der Waals surface area contributed by atoms with E-state index < -0.39 is 6.04 Å². The quantitative estimate of drug-likeness (QED) is 0.527. The molecular formula is C23H32N4O4S. The molecule has 0 saturated heterocycles. The number of rotatable bonds is 11. The van der Waals surface area contributed by atoms with Crippen molar-refractivity contribution in [3.63, 3.8) is 0 Å². The van der Waals surface area contributed by atoms with Crippen LogP contribution in [0.15, 0.2) is 28.1 Å². The molecule has 0 radical (unpaired) electrons. The Morgan fingerprint density at radius 1 is 1.28 bits per heavy atom. The maximum atomic E-state index is 13.2. The molecule has 2 aromatic rings. The van der Waals surface area contributed by atoms with E-state index in [1.165, 1.54) is 0 Å². The molecule has 32 heavy (non-hydrogen) atoms. The fourth-order valence-corrected chi connectivity index (χ4v) is 4.71. The first kappa shape index (κ1) is 24.0. The lowest BCUT2D eigenvalue weighted by molar-refractivity contribution is -0.142. The van der Waals surface area contributed by atoms with Gasteiger partial charge in [0.25, 0.3) is 0 Å². The second-order valence-electron chi connectivity index (χ2n) is 8.27. The highest BCUT2D eigenvalue weighted by atomic mass is 32.1. The Balaban J connectivity index is 1.66. The maximum absolute atomic E-state index is 13.2. The zero-order valence-electron chi connectivity index (χ0n) is 18.8. The fraction of sp³-hybridized carbons (Fsp3) is 0.565. The number of nitrogens with zero attached hydrogens (tertiary/aromatic N) is 2. The first-order valence-corrected chi connectivity index (χ1v) is 12.2. The summed E-state index contributed by atoms with van der Waals surface area (Å²) in [6.07, 6.45) is 5.63. The normalized spacial score (nSPS) is 14.8. The summed E-state index contributed by atoms with van der Waals surface area (Å²) in [5.41, 5.74) is 0. The Labute approximate surface area is 192 Å². The van der Waals surface area contributed by atoms with Crippen LogP contribution in [0.1, 0.15) is 68.9 Å². The minimum Gasteiger partial charge on any atom is -0.360 e. The van der Waals surface area contributed by atoms with E-state index in [0.29, 0.717) is 24.5 Å². The number of hydrogen-bond donors (Lipinski definition) is 2. The summed E-state index contributed by atoms with van der Waals surface area (Å²) in [5.74, 6) is 0.311. The van der Waals surface area contributed by atoms with Gasteiger partial charge in [-0.2, -0.15) is 0 Å². The van der Waals surface area contributed by atoms with E-state index >= 15 is 0 Å². The summed E-state index contributed by atoms with van der Waals surface area (Å²) in [6.45, 7) is 4.11. The summed E-state index contributed by atoms with van der Waals surface area (Å²) >= 11 is 1.55. The SMILES string of the molecule is CCC[C@H](C(=O)NC1CCCC1)N(Cc1cccs1)C(=O)CCC(=O)Nc1cc(C)on1. The van der Waals surface area contributed by atoms with Crippen LogP contribution < -0.4 is 10.6 Å². The van der Waals surface area contributed by atoms with Crippen molar-refractivity contribution < 1.29 is 18.9 Å². The summed E-state index contributed by atoms with van der Waals surface area (Å²) in [4.78, 5) is 41.3.